The second-order valence-corrected chi connectivity index (χ2v) is 8.29. The Bertz CT molecular complexity index is 460. The molecular formula is C19H33ClNO2-. The molecular weight excluding hydrogens is 310 g/mol. The van der Waals surface area contributed by atoms with Crippen molar-refractivity contribution < 1.29 is 22.3 Å². The fourth-order valence-electron chi connectivity index (χ4n) is 3.05. The monoisotopic (exact) mass is 342 g/mol. The molecule has 0 amide bonds. The lowest BCUT2D eigenvalue weighted by Gasteiger charge is -2.34. The molecule has 0 radical (unpaired) electrons. The number of β-amino-alcohol motifs (C(OH)–C–C–N with tert-alkyl or cyclic N) is 1. The van der Waals surface area contributed by atoms with E-state index < -0.39 is 6.10 Å². The van der Waals surface area contributed by atoms with E-state index in [0.717, 1.165) is 12.2 Å². The van der Waals surface area contributed by atoms with Gasteiger partial charge in [0.2, 0.25) is 0 Å². The average molecular weight is 343 g/mol. The molecule has 0 aromatic heterocycles. The Hall–Kier alpha value is -0.770. The molecule has 0 aliphatic rings. The smallest absolute Gasteiger partial charge is 0.119 e. The van der Waals surface area contributed by atoms with Crippen molar-refractivity contribution >= 4 is 0 Å². The number of aryl methyl sites for hydroxylation is 2. The van der Waals surface area contributed by atoms with E-state index in [9.17, 15) is 5.11 Å². The van der Waals surface area contributed by atoms with Gasteiger partial charge >= 0.3 is 0 Å². The SMILES string of the molecule is Cc1cc(C)cc(OCC(O)CNC(C)(C)CC(C)(C)C)c1.[Cl-]. The summed E-state index contributed by atoms with van der Waals surface area (Å²) in [5.41, 5.74) is 2.61. The molecule has 134 valence electrons. The average Bonchev–Trinajstić information content (AvgIpc) is 2.30. The minimum Gasteiger partial charge on any atom is -1.00 e. The Morgan fingerprint density at radius 3 is 2.04 bits per heavy atom. The third-order valence-electron chi connectivity index (χ3n) is 3.43. The van der Waals surface area contributed by atoms with Gasteiger partial charge in [-0.25, -0.2) is 0 Å². The summed E-state index contributed by atoms with van der Waals surface area (Å²) in [7, 11) is 0. The molecule has 1 aromatic carbocycles. The highest BCUT2D eigenvalue weighted by molar-refractivity contribution is 5.32. The predicted octanol–water partition coefficient (Wildman–Crippen LogP) is 0.852. The number of ether oxygens (including phenoxy) is 1. The highest BCUT2D eigenvalue weighted by Gasteiger charge is 2.25. The summed E-state index contributed by atoms with van der Waals surface area (Å²) in [6.07, 6.45) is 0.532. The molecule has 23 heavy (non-hydrogen) atoms. The molecule has 0 saturated heterocycles. The Morgan fingerprint density at radius 1 is 1.04 bits per heavy atom. The first-order valence-corrected chi connectivity index (χ1v) is 8.11. The Morgan fingerprint density at radius 2 is 1.57 bits per heavy atom. The van der Waals surface area contributed by atoms with Crippen LogP contribution in [0, 0.1) is 19.3 Å². The second-order valence-electron chi connectivity index (χ2n) is 8.29. The van der Waals surface area contributed by atoms with Crippen LogP contribution in [0.3, 0.4) is 0 Å². The van der Waals surface area contributed by atoms with E-state index in [4.69, 9.17) is 4.74 Å². The van der Waals surface area contributed by atoms with E-state index in [1.165, 1.54) is 11.1 Å². The summed E-state index contributed by atoms with van der Waals surface area (Å²) >= 11 is 0. The first-order valence-electron chi connectivity index (χ1n) is 8.11. The molecule has 1 atom stereocenters. The summed E-state index contributed by atoms with van der Waals surface area (Å²) in [5, 5.41) is 13.6. The molecule has 1 unspecified atom stereocenters. The van der Waals surface area contributed by atoms with E-state index in [0.29, 0.717) is 13.2 Å². The normalized spacial score (nSPS) is 13.4. The number of halogens is 1. The van der Waals surface area contributed by atoms with Gasteiger partial charge in [-0.3, -0.25) is 0 Å². The number of aliphatic hydroxyl groups is 1. The molecule has 1 aromatic rings. The van der Waals surface area contributed by atoms with Gasteiger partial charge in [-0.2, -0.15) is 0 Å². The topological polar surface area (TPSA) is 41.5 Å². The van der Waals surface area contributed by atoms with Crippen LogP contribution in [-0.2, 0) is 0 Å². The summed E-state index contributed by atoms with van der Waals surface area (Å²) in [6.45, 7) is 16.0. The predicted molar refractivity (Wildman–Crippen MR) is 93.6 cm³/mol. The van der Waals surface area contributed by atoms with E-state index in [1.807, 2.05) is 26.0 Å². The third-order valence-corrected chi connectivity index (χ3v) is 3.43. The second kappa shape index (κ2) is 8.91. The van der Waals surface area contributed by atoms with Gasteiger partial charge in [0.25, 0.3) is 0 Å². The largest absolute Gasteiger partial charge is 1.00 e. The van der Waals surface area contributed by atoms with E-state index in [1.54, 1.807) is 0 Å². The number of hydrogen-bond donors (Lipinski definition) is 2. The van der Waals surface area contributed by atoms with E-state index >= 15 is 0 Å². The molecule has 0 bridgehead atoms. The van der Waals surface area contributed by atoms with Crippen LogP contribution >= 0.6 is 0 Å². The lowest BCUT2D eigenvalue weighted by Crippen LogP contribution is -3.00. The molecule has 0 aliphatic carbocycles. The first-order chi connectivity index (χ1) is 9.97. The Kier molecular flexibility index (Phi) is 8.61. The van der Waals surface area contributed by atoms with Crippen molar-refractivity contribution in [2.45, 2.75) is 66.5 Å². The van der Waals surface area contributed by atoms with Crippen LogP contribution in [0.15, 0.2) is 18.2 Å². The lowest BCUT2D eigenvalue weighted by molar-refractivity contribution is -0.00000822. The Balaban J connectivity index is 0.00000484. The lowest BCUT2D eigenvalue weighted by atomic mass is 9.82. The maximum absolute atomic E-state index is 10.1. The van der Waals surface area contributed by atoms with Gasteiger partial charge in [0.05, 0.1) is 0 Å². The summed E-state index contributed by atoms with van der Waals surface area (Å²) < 4.78 is 5.71. The van der Waals surface area contributed by atoms with Crippen molar-refractivity contribution in [3.63, 3.8) is 0 Å². The highest BCUT2D eigenvalue weighted by atomic mass is 35.5. The molecule has 0 spiro atoms. The quantitative estimate of drug-likeness (QED) is 0.772. The van der Waals surface area contributed by atoms with Crippen molar-refractivity contribution in [3.05, 3.63) is 29.3 Å². The number of hydrogen-bond acceptors (Lipinski definition) is 3. The van der Waals surface area contributed by atoms with Crippen LogP contribution in [0.5, 0.6) is 5.75 Å². The van der Waals surface area contributed by atoms with Gasteiger partial charge < -0.3 is 27.6 Å². The zero-order chi connectivity index (χ0) is 17.0. The molecule has 0 heterocycles. The minimum atomic E-state index is -0.514. The van der Waals surface area contributed by atoms with Crippen molar-refractivity contribution in [1.82, 2.24) is 5.32 Å². The number of aliphatic hydroxyl groups excluding tert-OH is 1. The number of rotatable bonds is 7. The molecule has 4 heteroatoms. The zero-order valence-corrected chi connectivity index (χ0v) is 16.4. The van der Waals surface area contributed by atoms with Gasteiger partial charge in [-0.1, -0.05) is 26.8 Å². The third kappa shape index (κ3) is 9.85. The molecule has 0 saturated carbocycles. The van der Waals surface area contributed by atoms with Crippen molar-refractivity contribution in [2.24, 2.45) is 5.41 Å². The van der Waals surface area contributed by atoms with Crippen LogP contribution in [0.1, 0.15) is 52.2 Å². The van der Waals surface area contributed by atoms with Crippen LogP contribution in [0.25, 0.3) is 0 Å². The summed E-state index contributed by atoms with van der Waals surface area (Å²) in [6, 6.07) is 6.10. The van der Waals surface area contributed by atoms with Gasteiger partial charge in [0.1, 0.15) is 18.5 Å². The summed E-state index contributed by atoms with van der Waals surface area (Å²) in [5.74, 6) is 0.825. The molecule has 1 rings (SSSR count). The minimum absolute atomic E-state index is 0. The fraction of sp³-hybridized carbons (Fsp3) is 0.684. The molecule has 3 nitrogen and oxygen atoms in total. The van der Waals surface area contributed by atoms with Crippen LogP contribution < -0.4 is 22.5 Å². The van der Waals surface area contributed by atoms with Gasteiger partial charge in [-0.15, -0.1) is 0 Å². The highest BCUT2D eigenvalue weighted by Crippen LogP contribution is 2.26. The summed E-state index contributed by atoms with van der Waals surface area (Å²) in [4.78, 5) is 0. The van der Waals surface area contributed by atoms with Crippen molar-refractivity contribution in [2.75, 3.05) is 13.2 Å². The first kappa shape index (κ1) is 22.2. The maximum atomic E-state index is 10.1. The van der Waals surface area contributed by atoms with E-state index in [2.05, 4.69) is 46.0 Å². The number of nitrogens with one attached hydrogen (secondary N) is 1. The maximum Gasteiger partial charge on any atom is 0.119 e. The molecule has 2 N–H and O–H groups in total. The van der Waals surface area contributed by atoms with Gasteiger partial charge in [0, 0.05) is 12.1 Å². The van der Waals surface area contributed by atoms with Crippen LogP contribution in [0.4, 0.5) is 0 Å². The van der Waals surface area contributed by atoms with Crippen molar-refractivity contribution in [1.29, 1.82) is 0 Å². The molecule has 0 fully saturated rings. The van der Waals surface area contributed by atoms with Crippen LogP contribution in [0.2, 0.25) is 0 Å². The number of benzene rings is 1. The zero-order valence-electron chi connectivity index (χ0n) is 15.7. The standard InChI is InChI=1S/C19H33NO2.ClH/c1-14-8-15(2)10-17(9-14)22-12-16(21)11-20-19(6,7)13-18(3,4)5;/h8-10,16,20-21H,11-13H2,1-7H3;1H/p-1. The Labute approximate surface area is 148 Å². The fourth-order valence-corrected chi connectivity index (χ4v) is 3.05. The van der Waals surface area contributed by atoms with E-state index in [-0.39, 0.29) is 23.4 Å². The van der Waals surface area contributed by atoms with Crippen LogP contribution in [-0.4, -0.2) is 29.9 Å². The van der Waals surface area contributed by atoms with Gasteiger partial charge in [-0.05, 0) is 62.8 Å². The van der Waals surface area contributed by atoms with Crippen molar-refractivity contribution in [3.8, 4) is 5.75 Å². The molecule has 0 aliphatic heterocycles. The van der Waals surface area contributed by atoms with Gasteiger partial charge in [0.15, 0.2) is 0 Å².